The summed E-state index contributed by atoms with van der Waals surface area (Å²) in [6.45, 7) is 7.24. The number of aliphatic hydroxyl groups excluding tert-OH is 1. The number of ether oxygens (including phenoxy) is 1. The molecule has 0 radical (unpaired) electrons. The van der Waals surface area contributed by atoms with Crippen LogP contribution in [0.3, 0.4) is 0 Å². The van der Waals surface area contributed by atoms with Crippen molar-refractivity contribution in [3.05, 3.63) is 42.0 Å². The lowest BCUT2D eigenvalue weighted by Crippen LogP contribution is -2.66. The van der Waals surface area contributed by atoms with Gasteiger partial charge in [-0.1, -0.05) is 12.6 Å². The fourth-order valence-corrected chi connectivity index (χ4v) is 3.67. The van der Waals surface area contributed by atoms with Crippen LogP contribution in [-0.2, 0) is 16.0 Å². The third kappa shape index (κ3) is 3.07. The Balaban J connectivity index is 1.84. The molecule has 2 aliphatic rings. The van der Waals surface area contributed by atoms with Crippen LogP contribution in [0, 0.1) is 0 Å². The second-order valence-electron chi connectivity index (χ2n) is 6.54. The molecule has 0 saturated carbocycles. The average molecular weight is 344 g/mol. The summed E-state index contributed by atoms with van der Waals surface area (Å²) >= 11 is 0. The van der Waals surface area contributed by atoms with Crippen LogP contribution < -0.4 is 4.90 Å². The number of benzene rings is 1. The first-order chi connectivity index (χ1) is 12.0. The molecule has 134 valence electrons. The molecule has 1 aromatic rings. The van der Waals surface area contributed by atoms with Crippen molar-refractivity contribution in [1.82, 2.24) is 4.90 Å². The number of fused-ring (bicyclic) bond motifs is 1. The number of amides is 2. The monoisotopic (exact) mass is 344 g/mol. The van der Waals surface area contributed by atoms with Crippen molar-refractivity contribution < 1.29 is 19.4 Å². The highest BCUT2D eigenvalue weighted by molar-refractivity contribution is 6.04. The predicted molar refractivity (Wildman–Crippen MR) is 94.7 cm³/mol. The molecular formula is C19H24N2O4. The number of likely N-dealkylation sites (tertiary alicyclic amines) is 1. The van der Waals surface area contributed by atoms with Gasteiger partial charge in [-0.15, -0.1) is 0 Å². The van der Waals surface area contributed by atoms with Crippen LogP contribution in [0.1, 0.15) is 29.3 Å². The van der Waals surface area contributed by atoms with Gasteiger partial charge in [-0.3, -0.25) is 9.59 Å². The first kappa shape index (κ1) is 17.6. The Labute approximate surface area is 147 Å². The lowest BCUT2D eigenvalue weighted by Gasteiger charge is -2.48. The lowest BCUT2D eigenvalue weighted by atomic mass is 9.91. The second kappa shape index (κ2) is 6.98. The van der Waals surface area contributed by atoms with E-state index in [0.717, 1.165) is 24.1 Å². The maximum atomic E-state index is 12.9. The van der Waals surface area contributed by atoms with Crippen LogP contribution in [0.2, 0.25) is 0 Å². The molecule has 0 bridgehead atoms. The van der Waals surface area contributed by atoms with E-state index in [-0.39, 0.29) is 18.4 Å². The number of anilines is 1. The number of rotatable bonds is 5. The number of hydrogen-bond donors (Lipinski definition) is 1. The molecule has 6 nitrogen and oxygen atoms in total. The summed E-state index contributed by atoms with van der Waals surface area (Å²) in [6, 6.07) is 5.49. The molecule has 1 saturated heterocycles. The van der Waals surface area contributed by atoms with Crippen LogP contribution in [0.15, 0.2) is 30.9 Å². The average Bonchev–Trinajstić information content (AvgIpc) is 2.62. The summed E-state index contributed by atoms with van der Waals surface area (Å²) in [5.74, 6) is -0.223. The molecule has 3 rings (SSSR count). The van der Waals surface area contributed by atoms with Gasteiger partial charge in [0.1, 0.15) is 5.60 Å². The maximum absolute atomic E-state index is 12.9. The summed E-state index contributed by atoms with van der Waals surface area (Å²) in [7, 11) is 0. The van der Waals surface area contributed by atoms with Crippen LogP contribution in [0.5, 0.6) is 0 Å². The summed E-state index contributed by atoms with van der Waals surface area (Å²) in [4.78, 5) is 28.4. The normalized spacial score (nSPS) is 18.3. The van der Waals surface area contributed by atoms with Gasteiger partial charge in [0.25, 0.3) is 5.91 Å². The minimum atomic E-state index is -0.635. The molecule has 0 atom stereocenters. The van der Waals surface area contributed by atoms with Crippen molar-refractivity contribution in [3.63, 3.8) is 0 Å². The largest absolute Gasteiger partial charge is 0.393 e. The van der Waals surface area contributed by atoms with Gasteiger partial charge in [0.15, 0.2) is 0 Å². The molecule has 0 unspecified atom stereocenters. The predicted octanol–water partition coefficient (Wildman–Crippen LogP) is 1.38. The zero-order valence-corrected chi connectivity index (χ0v) is 14.5. The standard InChI is InChI=1S/C19H24N2O4/c1-3-17(23)21-10-6-8-14-15(7-5-9-16(14)21)18(24)20-11-19(12-20,13-22)25-4-2/h3,5,7,9,22H,1,4,6,8,10-13H2,2H3. The molecular weight excluding hydrogens is 320 g/mol. The fourth-order valence-electron chi connectivity index (χ4n) is 3.67. The van der Waals surface area contributed by atoms with Gasteiger partial charge in [-0.2, -0.15) is 0 Å². The smallest absolute Gasteiger partial charge is 0.254 e. The third-order valence-electron chi connectivity index (χ3n) is 4.91. The molecule has 0 aliphatic carbocycles. The number of hydrogen-bond acceptors (Lipinski definition) is 4. The Hall–Kier alpha value is -2.18. The van der Waals surface area contributed by atoms with E-state index in [1.807, 2.05) is 25.1 Å². The Bertz CT molecular complexity index is 695. The molecule has 2 aliphatic heterocycles. The maximum Gasteiger partial charge on any atom is 0.254 e. The molecule has 1 fully saturated rings. The van der Waals surface area contributed by atoms with Gasteiger partial charge >= 0.3 is 0 Å². The van der Waals surface area contributed by atoms with Crippen molar-refractivity contribution in [2.45, 2.75) is 25.4 Å². The molecule has 1 N–H and O–H groups in total. The zero-order chi connectivity index (χ0) is 18.0. The van der Waals surface area contributed by atoms with Gasteiger partial charge in [0.2, 0.25) is 5.91 Å². The van der Waals surface area contributed by atoms with Gasteiger partial charge < -0.3 is 19.6 Å². The molecule has 0 spiro atoms. The number of carbonyl (C=O) groups is 2. The van der Waals surface area contributed by atoms with E-state index in [9.17, 15) is 14.7 Å². The Kier molecular flexibility index (Phi) is 4.92. The van der Waals surface area contributed by atoms with Crippen molar-refractivity contribution in [1.29, 1.82) is 0 Å². The van der Waals surface area contributed by atoms with Gasteiger partial charge in [-0.25, -0.2) is 0 Å². The van der Waals surface area contributed by atoms with Crippen LogP contribution >= 0.6 is 0 Å². The van der Waals surface area contributed by atoms with E-state index >= 15 is 0 Å². The molecule has 1 aromatic carbocycles. The highest BCUT2D eigenvalue weighted by Crippen LogP contribution is 2.33. The molecule has 6 heteroatoms. The summed E-state index contributed by atoms with van der Waals surface area (Å²) < 4.78 is 5.60. The summed E-state index contributed by atoms with van der Waals surface area (Å²) in [5.41, 5.74) is 1.69. The van der Waals surface area contributed by atoms with Crippen molar-refractivity contribution in [3.8, 4) is 0 Å². The van der Waals surface area contributed by atoms with Crippen LogP contribution in [-0.4, -0.2) is 60.3 Å². The number of nitrogens with zero attached hydrogens (tertiary/aromatic N) is 2. The highest BCUT2D eigenvalue weighted by atomic mass is 16.5. The van der Waals surface area contributed by atoms with Crippen LogP contribution in [0.4, 0.5) is 5.69 Å². The summed E-state index contributed by atoms with van der Waals surface area (Å²) in [6.07, 6.45) is 2.88. The van der Waals surface area contributed by atoms with Gasteiger partial charge in [0, 0.05) is 24.4 Å². The van der Waals surface area contributed by atoms with E-state index in [4.69, 9.17) is 4.74 Å². The fraction of sp³-hybridized carbons (Fsp3) is 0.474. The molecule has 0 aromatic heterocycles. The van der Waals surface area contributed by atoms with Crippen molar-refractivity contribution in [2.75, 3.05) is 37.7 Å². The van der Waals surface area contributed by atoms with E-state index in [1.54, 1.807) is 9.80 Å². The van der Waals surface area contributed by atoms with E-state index in [2.05, 4.69) is 6.58 Å². The SMILES string of the molecule is C=CC(=O)N1CCCc2c(C(=O)N3CC(CO)(OCC)C3)cccc21. The topological polar surface area (TPSA) is 70.1 Å². The van der Waals surface area contributed by atoms with E-state index < -0.39 is 5.60 Å². The Morgan fingerprint density at radius 3 is 2.80 bits per heavy atom. The quantitative estimate of drug-likeness (QED) is 0.819. The minimum Gasteiger partial charge on any atom is -0.393 e. The highest BCUT2D eigenvalue weighted by Gasteiger charge is 2.46. The number of carbonyl (C=O) groups excluding carboxylic acids is 2. The van der Waals surface area contributed by atoms with Gasteiger partial charge in [-0.05, 0) is 43.5 Å². The second-order valence-corrected chi connectivity index (χ2v) is 6.54. The summed E-state index contributed by atoms with van der Waals surface area (Å²) in [5, 5.41) is 9.54. The van der Waals surface area contributed by atoms with Gasteiger partial charge in [0.05, 0.1) is 19.7 Å². The molecule has 25 heavy (non-hydrogen) atoms. The van der Waals surface area contributed by atoms with Crippen molar-refractivity contribution >= 4 is 17.5 Å². The molecule has 2 amide bonds. The van der Waals surface area contributed by atoms with E-state index in [1.165, 1.54) is 6.08 Å². The Morgan fingerprint density at radius 2 is 2.16 bits per heavy atom. The van der Waals surface area contributed by atoms with Crippen molar-refractivity contribution in [2.24, 2.45) is 0 Å². The molecule has 2 heterocycles. The number of aliphatic hydroxyl groups is 1. The minimum absolute atomic E-state index is 0.0754. The van der Waals surface area contributed by atoms with Crippen LogP contribution in [0.25, 0.3) is 0 Å². The lowest BCUT2D eigenvalue weighted by molar-refractivity contribution is -0.149. The first-order valence-corrected chi connectivity index (χ1v) is 8.65. The first-order valence-electron chi connectivity index (χ1n) is 8.65. The van der Waals surface area contributed by atoms with E-state index in [0.29, 0.717) is 31.8 Å². The third-order valence-corrected chi connectivity index (χ3v) is 4.91. The Morgan fingerprint density at radius 1 is 1.40 bits per heavy atom. The zero-order valence-electron chi connectivity index (χ0n) is 14.5.